The SMILES string of the molecule is CC(C)N1CC2CCC1CN2. The third kappa shape index (κ3) is 1.30. The minimum Gasteiger partial charge on any atom is -0.311 e. The number of nitrogens with zero attached hydrogens (tertiary/aromatic N) is 1. The van der Waals surface area contributed by atoms with E-state index in [1.165, 1.54) is 25.9 Å². The van der Waals surface area contributed by atoms with Crippen LogP contribution in [-0.2, 0) is 0 Å². The van der Waals surface area contributed by atoms with Gasteiger partial charge in [-0.05, 0) is 26.7 Å². The van der Waals surface area contributed by atoms with E-state index >= 15 is 0 Å². The van der Waals surface area contributed by atoms with E-state index in [2.05, 4.69) is 24.1 Å². The van der Waals surface area contributed by atoms with Crippen LogP contribution in [0.1, 0.15) is 26.7 Å². The lowest BCUT2D eigenvalue weighted by molar-refractivity contribution is 0.0490. The van der Waals surface area contributed by atoms with Crippen LogP contribution < -0.4 is 5.32 Å². The predicted molar refractivity (Wildman–Crippen MR) is 46.7 cm³/mol. The molecular formula is C9H18N2. The van der Waals surface area contributed by atoms with Crippen molar-refractivity contribution in [2.75, 3.05) is 13.1 Å². The minimum atomic E-state index is 0.741. The number of fused-ring (bicyclic) bond motifs is 3. The van der Waals surface area contributed by atoms with Gasteiger partial charge in [-0.2, -0.15) is 0 Å². The molecule has 1 N–H and O–H groups in total. The van der Waals surface area contributed by atoms with Gasteiger partial charge in [0.1, 0.15) is 0 Å². The van der Waals surface area contributed by atoms with Gasteiger partial charge in [0.05, 0.1) is 0 Å². The lowest BCUT2D eigenvalue weighted by Gasteiger charge is -2.47. The van der Waals surface area contributed by atoms with Gasteiger partial charge in [-0.1, -0.05) is 0 Å². The molecule has 0 aromatic rings. The Morgan fingerprint density at radius 3 is 2.45 bits per heavy atom. The van der Waals surface area contributed by atoms with E-state index in [1.54, 1.807) is 0 Å². The number of hydrogen-bond acceptors (Lipinski definition) is 2. The zero-order valence-corrected chi connectivity index (χ0v) is 7.51. The van der Waals surface area contributed by atoms with Crippen molar-refractivity contribution in [1.29, 1.82) is 0 Å². The van der Waals surface area contributed by atoms with Gasteiger partial charge in [0.25, 0.3) is 0 Å². The summed E-state index contributed by atoms with van der Waals surface area (Å²) >= 11 is 0. The van der Waals surface area contributed by atoms with E-state index in [0.29, 0.717) is 0 Å². The zero-order valence-electron chi connectivity index (χ0n) is 7.51. The second-order valence-corrected chi connectivity index (χ2v) is 4.13. The molecule has 2 bridgehead atoms. The van der Waals surface area contributed by atoms with E-state index in [1.807, 2.05) is 0 Å². The first-order valence-corrected chi connectivity index (χ1v) is 4.76. The van der Waals surface area contributed by atoms with E-state index in [9.17, 15) is 0 Å². The van der Waals surface area contributed by atoms with E-state index in [4.69, 9.17) is 0 Å². The molecule has 0 spiro atoms. The smallest absolute Gasteiger partial charge is 0.0224 e. The third-order valence-electron chi connectivity index (χ3n) is 3.05. The largest absolute Gasteiger partial charge is 0.311 e. The summed E-state index contributed by atoms with van der Waals surface area (Å²) in [6.45, 7) is 7.12. The van der Waals surface area contributed by atoms with Crippen LogP contribution in [0.3, 0.4) is 0 Å². The van der Waals surface area contributed by atoms with Crippen LogP contribution in [0.15, 0.2) is 0 Å². The lowest BCUT2D eigenvalue weighted by Crippen LogP contribution is -2.62. The Balaban J connectivity index is 2.03. The molecule has 2 heteroatoms. The van der Waals surface area contributed by atoms with E-state index in [0.717, 1.165) is 18.1 Å². The number of hydrogen-bond donors (Lipinski definition) is 1. The minimum absolute atomic E-state index is 0.741. The van der Waals surface area contributed by atoms with Crippen molar-refractivity contribution in [3.05, 3.63) is 0 Å². The second kappa shape index (κ2) is 2.76. The summed E-state index contributed by atoms with van der Waals surface area (Å²) in [6.07, 6.45) is 2.81. The molecule has 2 atom stereocenters. The van der Waals surface area contributed by atoms with E-state index < -0.39 is 0 Å². The van der Waals surface area contributed by atoms with Gasteiger partial charge in [-0.15, -0.1) is 0 Å². The first-order valence-electron chi connectivity index (χ1n) is 4.76. The molecule has 0 aliphatic carbocycles. The first kappa shape index (κ1) is 7.56. The highest BCUT2D eigenvalue weighted by Gasteiger charge is 2.34. The molecular weight excluding hydrogens is 136 g/mol. The standard InChI is InChI=1S/C9H18N2/c1-7(2)11-6-8-3-4-9(11)5-10-8/h7-10H,3-6H2,1-2H3. The molecule has 3 aliphatic heterocycles. The molecule has 2 unspecified atom stereocenters. The quantitative estimate of drug-likeness (QED) is 0.602. The van der Waals surface area contributed by atoms with Gasteiger partial charge in [0.2, 0.25) is 0 Å². The van der Waals surface area contributed by atoms with Crippen LogP contribution in [-0.4, -0.2) is 36.1 Å². The number of rotatable bonds is 1. The Kier molecular flexibility index (Phi) is 1.90. The molecule has 0 amide bonds. The van der Waals surface area contributed by atoms with Crippen molar-refractivity contribution < 1.29 is 0 Å². The van der Waals surface area contributed by atoms with Crippen molar-refractivity contribution in [2.24, 2.45) is 0 Å². The molecule has 0 aromatic carbocycles. The van der Waals surface area contributed by atoms with Gasteiger partial charge in [-0.25, -0.2) is 0 Å². The summed E-state index contributed by atoms with van der Waals surface area (Å²) in [4.78, 5) is 2.64. The molecule has 0 radical (unpaired) electrons. The predicted octanol–water partition coefficient (Wildman–Crippen LogP) is 0.831. The molecule has 64 valence electrons. The van der Waals surface area contributed by atoms with Crippen molar-refractivity contribution in [3.63, 3.8) is 0 Å². The second-order valence-electron chi connectivity index (χ2n) is 4.13. The zero-order chi connectivity index (χ0) is 7.84. The summed E-state index contributed by atoms with van der Waals surface area (Å²) in [5.74, 6) is 0. The maximum absolute atomic E-state index is 3.56. The highest BCUT2D eigenvalue weighted by atomic mass is 15.3. The monoisotopic (exact) mass is 154 g/mol. The molecule has 11 heavy (non-hydrogen) atoms. The maximum atomic E-state index is 3.56. The highest BCUT2D eigenvalue weighted by Crippen LogP contribution is 2.23. The Hall–Kier alpha value is -0.0800. The van der Waals surface area contributed by atoms with Crippen molar-refractivity contribution in [3.8, 4) is 0 Å². The molecule has 0 aromatic heterocycles. The summed E-state index contributed by atoms with van der Waals surface area (Å²) in [6, 6.07) is 2.37. The maximum Gasteiger partial charge on any atom is 0.0224 e. The van der Waals surface area contributed by atoms with Crippen LogP contribution in [0.4, 0.5) is 0 Å². The summed E-state index contributed by atoms with van der Waals surface area (Å²) in [7, 11) is 0. The first-order chi connectivity index (χ1) is 5.27. The van der Waals surface area contributed by atoms with Crippen LogP contribution >= 0.6 is 0 Å². The van der Waals surface area contributed by atoms with Crippen LogP contribution in [0, 0.1) is 0 Å². The normalized spacial score (nSPS) is 38.5. The summed E-state index contributed by atoms with van der Waals surface area (Å²) in [5.41, 5.74) is 0. The average Bonchev–Trinajstić information content (AvgIpc) is 2.06. The number of piperazine rings is 1. The highest BCUT2D eigenvalue weighted by molar-refractivity contribution is 4.93. The molecule has 2 nitrogen and oxygen atoms in total. The average molecular weight is 154 g/mol. The number of nitrogens with one attached hydrogen (secondary N) is 1. The summed E-state index contributed by atoms with van der Waals surface area (Å²) < 4.78 is 0. The third-order valence-corrected chi connectivity index (χ3v) is 3.05. The van der Waals surface area contributed by atoms with Gasteiger partial charge in [0, 0.05) is 31.2 Å². The number of piperidine rings is 2. The fraction of sp³-hybridized carbons (Fsp3) is 1.00. The van der Waals surface area contributed by atoms with E-state index in [-0.39, 0.29) is 0 Å². The topological polar surface area (TPSA) is 15.3 Å². The Bertz CT molecular complexity index is 136. The molecule has 3 heterocycles. The Morgan fingerprint density at radius 1 is 1.36 bits per heavy atom. The molecule has 3 aliphatic rings. The van der Waals surface area contributed by atoms with Crippen LogP contribution in [0.5, 0.6) is 0 Å². The van der Waals surface area contributed by atoms with Gasteiger partial charge >= 0.3 is 0 Å². The fourth-order valence-electron chi connectivity index (χ4n) is 2.38. The lowest BCUT2D eigenvalue weighted by atomic mass is 9.92. The molecule has 3 fully saturated rings. The van der Waals surface area contributed by atoms with Crippen molar-refractivity contribution in [1.82, 2.24) is 10.2 Å². The Morgan fingerprint density at radius 2 is 2.18 bits per heavy atom. The molecule has 0 saturated carbocycles. The molecule has 3 saturated heterocycles. The van der Waals surface area contributed by atoms with Gasteiger partial charge in [-0.3, -0.25) is 4.90 Å². The van der Waals surface area contributed by atoms with Crippen molar-refractivity contribution >= 4 is 0 Å². The van der Waals surface area contributed by atoms with Crippen LogP contribution in [0.2, 0.25) is 0 Å². The van der Waals surface area contributed by atoms with Gasteiger partial charge < -0.3 is 5.32 Å². The van der Waals surface area contributed by atoms with Crippen molar-refractivity contribution in [2.45, 2.75) is 44.8 Å². The van der Waals surface area contributed by atoms with Crippen LogP contribution in [0.25, 0.3) is 0 Å². The fourth-order valence-corrected chi connectivity index (χ4v) is 2.38. The summed E-state index contributed by atoms with van der Waals surface area (Å²) in [5, 5.41) is 3.56. The van der Waals surface area contributed by atoms with Gasteiger partial charge in [0.15, 0.2) is 0 Å². The molecule has 3 rings (SSSR count). The Labute approximate surface area is 69.0 Å².